The number of unbranched alkanes of at least 4 members (excludes halogenated alkanes) is 4. The second-order valence-electron chi connectivity index (χ2n) is 5.54. The summed E-state index contributed by atoms with van der Waals surface area (Å²) in [4.78, 5) is 0.238. The van der Waals surface area contributed by atoms with Crippen molar-refractivity contribution in [1.82, 2.24) is 0 Å². The van der Waals surface area contributed by atoms with Gasteiger partial charge < -0.3 is 0 Å². The molecule has 0 saturated heterocycles. The summed E-state index contributed by atoms with van der Waals surface area (Å²) in [7, 11) is -3.65. The van der Waals surface area contributed by atoms with Crippen molar-refractivity contribution in [2.75, 3.05) is 0 Å². The van der Waals surface area contributed by atoms with Gasteiger partial charge in [0.1, 0.15) is 0 Å². The fraction of sp³-hybridized carbons (Fsp3) is 0.529. The molecule has 1 aliphatic carbocycles. The van der Waals surface area contributed by atoms with Crippen molar-refractivity contribution in [3.05, 3.63) is 42.0 Å². The van der Waals surface area contributed by atoms with Crippen molar-refractivity contribution in [1.29, 1.82) is 0 Å². The van der Waals surface area contributed by atoms with E-state index >= 15 is 0 Å². The number of benzene rings is 1. The Kier molecular flexibility index (Phi) is 6.00. The van der Waals surface area contributed by atoms with Crippen LogP contribution in [-0.4, -0.2) is 14.5 Å². The minimum atomic E-state index is -3.65. The highest BCUT2D eigenvalue weighted by Gasteiger charge is 2.27. The Labute approximate surface area is 128 Å². The summed E-state index contributed by atoms with van der Waals surface area (Å²) in [5.41, 5.74) is 1.13. The molecule has 0 aliphatic heterocycles. The summed E-state index contributed by atoms with van der Waals surface area (Å²) in [6.07, 6.45) is 9.32. The van der Waals surface area contributed by atoms with E-state index in [1.165, 1.54) is 19.3 Å². The summed E-state index contributed by atoms with van der Waals surface area (Å²) in [5, 5.41) is 0. The second kappa shape index (κ2) is 7.76. The standard InChI is InChI=1S/C17H24O3S/c1-2-3-4-5-9-12-17(15-13-14-15)20-21(18,19)16-10-7-6-8-11-16/h6-8,10-11,13,17H,2-5,9,12,14H2,1H3. The van der Waals surface area contributed by atoms with Gasteiger partial charge in [-0.05, 0) is 30.5 Å². The van der Waals surface area contributed by atoms with E-state index in [1.807, 2.05) is 0 Å². The maximum absolute atomic E-state index is 12.3. The first-order valence-electron chi connectivity index (χ1n) is 7.81. The van der Waals surface area contributed by atoms with E-state index in [2.05, 4.69) is 13.0 Å². The van der Waals surface area contributed by atoms with E-state index in [9.17, 15) is 8.42 Å². The van der Waals surface area contributed by atoms with E-state index in [1.54, 1.807) is 30.3 Å². The largest absolute Gasteiger partial charge is 0.297 e. The summed E-state index contributed by atoms with van der Waals surface area (Å²) in [6.45, 7) is 2.19. The molecule has 0 amide bonds. The topological polar surface area (TPSA) is 43.4 Å². The highest BCUT2D eigenvalue weighted by atomic mass is 32.2. The molecule has 1 aromatic rings. The Bertz CT molecular complexity index is 561. The molecule has 3 nitrogen and oxygen atoms in total. The highest BCUT2D eigenvalue weighted by molar-refractivity contribution is 7.86. The monoisotopic (exact) mass is 308 g/mol. The third-order valence-electron chi connectivity index (χ3n) is 3.70. The molecule has 1 atom stereocenters. The van der Waals surface area contributed by atoms with Crippen molar-refractivity contribution in [3.63, 3.8) is 0 Å². The predicted octanol–water partition coefficient (Wildman–Crippen LogP) is 4.45. The molecule has 0 bridgehead atoms. The molecule has 0 saturated carbocycles. The lowest BCUT2D eigenvalue weighted by Crippen LogP contribution is -2.18. The van der Waals surface area contributed by atoms with Crippen LogP contribution in [0.5, 0.6) is 0 Å². The Balaban J connectivity index is 1.89. The maximum atomic E-state index is 12.3. The lowest BCUT2D eigenvalue weighted by molar-refractivity contribution is 0.232. The first-order valence-corrected chi connectivity index (χ1v) is 9.21. The van der Waals surface area contributed by atoms with Gasteiger partial charge in [-0.25, -0.2) is 0 Å². The summed E-state index contributed by atoms with van der Waals surface area (Å²) in [5.74, 6) is 0. The molecule has 1 unspecified atom stereocenters. The van der Waals surface area contributed by atoms with Gasteiger partial charge in [-0.3, -0.25) is 4.18 Å². The average Bonchev–Trinajstić information content (AvgIpc) is 3.31. The lowest BCUT2D eigenvalue weighted by atomic mass is 10.1. The molecule has 0 radical (unpaired) electrons. The Hall–Kier alpha value is -1.13. The van der Waals surface area contributed by atoms with Crippen LogP contribution < -0.4 is 0 Å². The van der Waals surface area contributed by atoms with E-state index in [0.29, 0.717) is 0 Å². The third-order valence-corrected chi connectivity index (χ3v) is 5.03. The lowest BCUT2D eigenvalue weighted by Gasteiger charge is -2.15. The quantitative estimate of drug-likeness (QED) is 0.364. The molecule has 116 valence electrons. The van der Waals surface area contributed by atoms with Crippen molar-refractivity contribution in [3.8, 4) is 0 Å². The van der Waals surface area contributed by atoms with Crippen LogP contribution in [0, 0.1) is 0 Å². The van der Waals surface area contributed by atoms with Crippen molar-refractivity contribution in [2.45, 2.75) is 62.9 Å². The SMILES string of the molecule is CCCCCCCC(OS(=O)(=O)c1ccccc1)C1=CC1. The Morgan fingerprint density at radius 3 is 2.38 bits per heavy atom. The smallest absolute Gasteiger partial charge is 0.259 e. The molecule has 0 heterocycles. The van der Waals surface area contributed by atoms with Crippen molar-refractivity contribution >= 4 is 10.1 Å². The summed E-state index contributed by atoms with van der Waals surface area (Å²) >= 11 is 0. The van der Waals surface area contributed by atoms with Gasteiger partial charge in [-0.1, -0.05) is 63.3 Å². The molecule has 1 aliphatic rings. The molecule has 21 heavy (non-hydrogen) atoms. The van der Waals surface area contributed by atoms with Gasteiger partial charge in [0.2, 0.25) is 0 Å². The minimum absolute atomic E-state index is 0.238. The molecule has 0 aromatic heterocycles. The van der Waals surface area contributed by atoms with Gasteiger partial charge in [0.15, 0.2) is 0 Å². The molecule has 0 fully saturated rings. The van der Waals surface area contributed by atoms with E-state index < -0.39 is 10.1 Å². The molecule has 2 rings (SSSR count). The first kappa shape index (κ1) is 16.2. The predicted molar refractivity (Wildman–Crippen MR) is 84.6 cm³/mol. The van der Waals surface area contributed by atoms with Gasteiger partial charge >= 0.3 is 0 Å². The van der Waals surface area contributed by atoms with E-state index in [4.69, 9.17) is 4.18 Å². The van der Waals surface area contributed by atoms with Crippen LogP contribution in [0.4, 0.5) is 0 Å². The van der Waals surface area contributed by atoms with Crippen molar-refractivity contribution in [2.24, 2.45) is 0 Å². The van der Waals surface area contributed by atoms with Gasteiger partial charge in [0, 0.05) is 0 Å². The van der Waals surface area contributed by atoms with Gasteiger partial charge in [0.05, 0.1) is 11.0 Å². The van der Waals surface area contributed by atoms with Crippen LogP contribution in [0.15, 0.2) is 46.9 Å². The number of allylic oxidation sites excluding steroid dienone is 1. The second-order valence-corrected chi connectivity index (χ2v) is 7.11. The first-order chi connectivity index (χ1) is 10.1. The fourth-order valence-electron chi connectivity index (χ4n) is 2.35. The Morgan fingerprint density at radius 1 is 1.10 bits per heavy atom. The van der Waals surface area contributed by atoms with E-state index in [-0.39, 0.29) is 11.0 Å². The molecular formula is C17H24O3S. The molecule has 1 aromatic carbocycles. The normalized spacial score (nSPS) is 15.6. The minimum Gasteiger partial charge on any atom is -0.259 e. The van der Waals surface area contributed by atoms with Gasteiger partial charge in [-0.15, -0.1) is 0 Å². The van der Waals surface area contributed by atoms with Crippen LogP contribution in [0.3, 0.4) is 0 Å². The fourth-order valence-corrected chi connectivity index (χ4v) is 3.47. The van der Waals surface area contributed by atoms with Crippen LogP contribution in [0.25, 0.3) is 0 Å². The summed E-state index contributed by atoms with van der Waals surface area (Å²) in [6, 6.07) is 8.39. The number of hydrogen-bond acceptors (Lipinski definition) is 3. The number of hydrogen-bond donors (Lipinski definition) is 0. The summed E-state index contributed by atoms with van der Waals surface area (Å²) < 4.78 is 30.0. The Morgan fingerprint density at radius 2 is 1.76 bits per heavy atom. The molecular weight excluding hydrogens is 284 g/mol. The van der Waals surface area contributed by atoms with Crippen LogP contribution >= 0.6 is 0 Å². The zero-order valence-electron chi connectivity index (χ0n) is 12.6. The van der Waals surface area contributed by atoms with E-state index in [0.717, 1.165) is 31.3 Å². The third kappa shape index (κ3) is 5.29. The zero-order chi connectivity index (χ0) is 15.1. The average molecular weight is 308 g/mol. The molecule has 4 heteroatoms. The van der Waals surface area contributed by atoms with Crippen LogP contribution in [0.2, 0.25) is 0 Å². The van der Waals surface area contributed by atoms with Crippen molar-refractivity contribution < 1.29 is 12.6 Å². The van der Waals surface area contributed by atoms with Gasteiger partial charge in [0.25, 0.3) is 10.1 Å². The molecule has 0 spiro atoms. The van der Waals surface area contributed by atoms with Crippen LogP contribution in [0.1, 0.15) is 51.9 Å². The highest BCUT2D eigenvalue weighted by Crippen LogP contribution is 2.31. The zero-order valence-corrected chi connectivity index (χ0v) is 13.4. The molecule has 0 N–H and O–H groups in total. The maximum Gasteiger partial charge on any atom is 0.297 e. The number of rotatable bonds is 10. The van der Waals surface area contributed by atoms with Gasteiger partial charge in [-0.2, -0.15) is 8.42 Å². The van der Waals surface area contributed by atoms with Crippen LogP contribution in [-0.2, 0) is 14.3 Å².